The first-order valence-electron chi connectivity index (χ1n) is 11.8. The van der Waals surface area contributed by atoms with Crippen LogP contribution in [0.1, 0.15) is 31.7 Å². The first kappa shape index (κ1) is 24.3. The third-order valence-electron chi connectivity index (χ3n) is 6.89. The van der Waals surface area contributed by atoms with Crippen LogP contribution < -0.4 is 21.6 Å². The lowest BCUT2D eigenvalue weighted by Gasteiger charge is -2.43. The molecule has 3 N–H and O–H groups in total. The van der Waals surface area contributed by atoms with E-state index in [4.69, 9.17) is 4.74 Å². The van der Waals surface area contributed by atoms with Gasteiger partial charge in [0.2, 0.25) is 0 Å². The molecule has 1 fully saturated rings. The van der Waals surface area contributed by atoms with Crippen LogP contribution in [-0.4, -0.2) is 47.4 Å². The summed E-state index contributed by atoms with van der Waals surface area (Å²) in [5, 5.41) is 22.4. The van der Waals surface area contributed by atoms with Crippen LogP contribution >= 0.6 is 0 Å². The van der Waals surface area contributed by atoms with E-state index in [1.54, 1.807) is 13.1 Å². The molecule has 8 heteroatoms. The van der Waals surface area contributed by atoms with Gasteiger partial charge in [-0.25, -0.2) is 4.79 Å². The average molecular weight is 481 g/mol. The van der Waals surface area contributed by atoms with Crippen LogP contribution in [0.3, 0.4) is 0 Å². The summed E-state index contributed by atoms with van der Waals surface area (Å²) in [5.41, 5.74) is -0.642. The van der Waals surface area contributed by atoms with Crippen LogP contribution in [0.15, 0.2) is 76.4 Å². The van der Waals surface area contributed by atoms with Crippen molar-refractivity contribution in [1.29, 1.82) is 0 Å². The van der Waals surface area contributed by atoms with Crippen molar-refractivity contribution < 1.29 is 14.9 Å². The topological polar surface area (TPSA) is 105 Å². The van der Waals surface area contributed by atoms with E-state index in [2.05, 4.69) is 11.9 Å². The Morgan fingerprint density at radius 1 is 1.06 bits per heavy atom. The second-order valence-corrected chi connectivity index (χ2v) is 12.1. The lowest BCUT2D eigenvalue weighted by Crippen LogP contribution is -2.67. The number of nitrogens with zero attached hydrogens (tertiary/aromatic N) is 1. The molecule has 0 amide bonds. The highest BCUT2D eigenvalue weighted by molar-refractivity contribution is 6.86. The van der Waals surface area contributed by atoms with Crippen LogP contribution in [0, 0.1) is 12.8 Å². The van der Waals surface area contributed by atoms with Gasteiger partial charge in [-0.1, -0.05) is 90.8 Å². The zero-order valence-electron chi connectivity index (χ0n) is 19.6. The van der Waals surface area contributed by atoms with Gasteiger partial charge in [0, 0.05) is 17.7 Å². The number of aliphatic hydroxyl groups is 2. The van der Waals surface area contributed by atoms with Gasteiger partial charge in [-0.2, -0.15) is 0 Å². The molecule has 180 valence electrons. The first-order chi connectivity index (χ1) is 16.4. The Labute approximate surface area is 200 Å². The van der Waals surface area contributed by atoms with Crippen LogP contribution in [0.5, 0.6) is 0 Å². The highest BCUT2D eigenvalue weighted by atomic mass is 28.3. The van der Waals surface area contributed by atoms with Crippen molar-refractivity contribution in [1.82, 2.24) is 9.55 Å². The van der Waals surface area contributed by atoms with Gasteiger partial charge in [-0.05, 0) is 13.3 Å². The van der Waals surface area contributed by atoms with E-state index in [0.717, 1.165) is 23.2 Å². The third-order valence-corrected chi connectivity index (χ3v) is 10.7. The van der Waals surface area contributed by atoms with Crippen LogP contribution in [0.2, 0.25) is 0 Å². The van der Waals surface area contributed by atoms with E-state index in [0.29, 0.717) is 12.0 Å². The van der Waals surface area contributed by atoms with Crippen molar-refractivity contribution in [2.24, 2.45) is 5.92 Å². The van der Waals surface area contributed by atoms with Gasteiger partial charge in [0.1, 0.15) is 11.5 Å². The predicted molar refractivity (Wildman–Crippen MR) is 134 cm³/mol. The van der Waals surface area contributed by atoms with Crippen LogP contribution in [0.4, 0.5) is 0 Å². The van der Waals surface area contributed by atoms with E-state index in [1.165, 1.54) is 4.57 Å². The molecule has 1 aliphatic rings. The number of benzene rings is 2. The van der Waals surface area contributed by atoms with Gasteiger partial charge >= 0.3 is 5.69 Å². The molecule has 3 aromatic rings. The van der Waals surface area contributed by atoms with Crippen molar-refractivity contribution in [3.8, 4) is 0 Å². The molecule has 1 saturated heterocycles. The molecule has 0 spiro atoms. The number of ether oxygens (including phenoxy) is 1. The molecule has 2 aromatic carbocycles. The summed E-state index contributed by atoms with van der Waals surface area (Å²) < 4.78 is 8.16. The first-order valence-corrected chi connectivity index (χ1v) is 13.6. The summed E-state index contributed by atoms with van der Waals surface area (Å²) in [4.78, 5) is 28.1. The highest BCUT2D eigenvalue weighted by Gasteiger charge is 2.60. The third kappa shape index (κ3) is 4.22. The van der Waals surface area contributed by atoms with Crippen molar-refractivity contribution in [2.45, 2.75) is 50.7 Å². The zero-order valence-corrected chi connectivity index (χ0v) is 20.7. The number of aromatic amines is 1. The zero-order chi connectivity index (χ0) is 24.3. The SMILES string of the molecule is CCCCC1[C@H](O)[C@@H](CO)O[C@]1(n1cc(C)c(=O)[nH]c1=O)[SiH](c1ccccc1)c1ccccc1. The Bertz CT molecular complexity index is 1170. The molecule has 34 heavy (non-hydrogen) atoms. The van der Waals surface area contributed by atoms with Crippen LogP contribution in [-0.2, 0) is 10.1 Å². The Morgan fingerprint density at radius 3 is 2.18 bits per heavy atom. The fraction of sp³-hybridized carbons (Fsp3) is 0.385. The average Bonchev–Trinajstić information content (AvgIpc) is 3.13. The number of hydrogen-bond donors (Lipinski definition) is 3. The number of aromatic nitrogens is 2. The molecular formula is C26H32N2O5Si. The highest BCUT2D eigenvalue weighted by Crippen LogP contribution is 2.44. The quantitative estimate of drug-likeness (QED) is 0.411. The molecule has 0 aliphatic carbocycles. The number of aliphatic hydroxyl groups excluding tert-OH is 2. The summed E-state index contributed by atoms with van der Waals surface area (Å²) in [6.45, 7) is 3.36. The van der Waals surface area contributed by atoms with Gasteiger partial charge in [0.15, 0.2) is 8.80 Å². The van der Waals surface area contributed by atoms with Crippen molar-refractivity contribution >= 4 is 19.2 Å². The summed E-state index contributed by atoms with van der Waals surface area (Å²) in [5.74, 6) is -0.454. The van der Waals surface area contributed by atoms with Crippen molar-refractivity contribution in [3.63, 3.8) is 0 Å². The van der Waals surface area contributed by atoms with E-state index < -0.39 is 43.5 Å². The molecule has 4 atom stereocenters. The summed E-state index contributed by atoms with van der Waals surface area (Å²) in [7, 11) is -2.47. The van der Waals surface area contributed by atoms with Crippen molar-refractivity contribution in [2.75, 3.05) is 6.61 Å². The minimum absolute atomic E-state index is 0.368. The minimum Gasteiger partial charge on any atom is -0.394 e. The smallest absolute Gasteiger partial charge is 0.330 e. The Balaban J connectivity index is 2.09. The van der Waals surface area contributed by atoms with Gasteiger partial charge in [0.25, 0.3) is 5.56 Å². The molecule has 7 nitrogen and oxygen atoms in total. The minimum atomic E-state index is -2.47. The van der Waals surface area contributed by atoms with Gasteiger partial charge in [-0.3, -0.25) is 14.3 Å². The number of hydrogen-bond acceptors (Lipinski definition) is 5. The number of H-pyrrole nitrogens is 1. The standard InChI is InChI=1S/C26H32N2O5Si/c1-3-4-15-21-23(30)22(17-29)33-26(21,28-16-18(2)24(31)27-25(28)32)34(19-11-7-5-8-12-19)20-13-9-6-10-14-20/h5-14,16,21-23,29-30,34H,3-4,15,17H2,1-2H3,(H,27,31,32)/t21?,22-,23+,26+/m1/s1. The molecule has 0 saturated carbocycles. The molecule has 1 unspecified atom stereocenters. The molecule has 2 heterocycles. The lowest BCUT2D eigenvalue weighted by molar-refractivity contribution is -0.0796. The molecule has 4 rings (SSSR count). The summed E-state index contributed by atoms with van der Waals surface area (Å²) in [6.07, 6.45) is 2.10. The van der Waals surface area contributed by atoms with Gasteiger partial charge in [-0.15, -0.1) is 0 Å². The fourth-order valence-corrected chi connectivity index (χ4v) is 9.42. The molecular weight excluding hydrogens is 448 g/mol. The molecule has 0 bridgehead atoms. The summed E-state index contributed by atoms with van der Waals surface area (Å²) in [6, 6.07) is 19.9. The maximum absolute atomic E-state index is 13.4. The largest absolute Gasteiger partial charge is 0.394 e. The monoisotopic (exact) mass is 480 g/mol. The van der Waals surface area contributed by atoms with Gasteiger partial charge in [0.05, 0.1) is 12.7 Å². The second-order valence-electron chi connectivity index (χ2n) is 9.03. The second kappa shape index (κ2) is 10.2. The van der Waals surface area contributed by atoms with E-state index in [9.17, 15) is 19.8 Å². The van der Waals surface area contributed by atoms with Crippen molar-refractivity contribution in [3.05, 3.63) is 93.3 Å². The molecule has 0 radical (unpaired) electrons. The fourth-order valence-electron chi connectivity index (χ4n) is 5.29. The normalized spacial score (nSPS) is 24.6. The predicted octanol–water partition coefficient (Wildman–Crippen LogP) is 0.637. The summed E-state index contributed by atoms with van der Waals surface area (Å²) >= 11 is 0. The van der Waals surface area contributed by atoms with E-state index in [-0.39, 0.29) is 6.61 Å². The number of unbranched alkanes of at least 4 members (excludes halogenated alkanes) is 1. The van der Waals surface area contributed by atoms with Crippen LogP contribution in [0.25, 0.3) is 0 Å². The van der Waals surface area contributed by atoms with Gasteiger partial charge < -0.3 is 14.9 Å². The number of aryl methyl sites for hydroxylation is 1. The molecule has 1 aliphatic heterocycles. The number of nitrogens with one attached hydrogen (secondary N) is 1. The lowest BCUT2D eigenvalue weighted by atomic mass is 9.93. The number of rotatable bonds is 8. The van der Waals surface area contributed by atoms with E-state index >= 15 is 0 Å². The maximum atomic E-state index is 13.4. The maximum Gasteiger partial charge on any atom is 0.330 e. The Hall–Kier alpha value is -2.78. The molecule has 1 aromatic heterocycles. The Morgan fingerprint density at radius 2 is 1.65 bits per heavy atom. The van der Waals surface area contributed by atoms with E-state index in [1.807, 2.05) is 60.7 Å². The Kier molecular flexibility index (Phi) is 7.32.